The Labute approximate surface area is 158 Å². The zero-order chi connectivity index (χ0) is 18.0. The van der Waals surface area contributed by atoms with Gasteiger partial charge in [0.15, 0.2) is 0 Å². The number of carbonyl (C=O) groups is 2. The van der Waals surface area contributed by atoms with Crippen molar-refractivity contribution in [2.45, 2.75) is 0 Å². The molecule has 1 heterocycles. The Morgan fingerprint density at radius 1 is 0.920 bits per heavy atom. The second kappa shape index (κ2) is 7.54. The molecule has 2 aromatic carbocycles. The molecular formula is C18H15BrClFN2O2. The molecule has 2 aromatic rings. The lowest BCUT2D eigenvalue weighted by Crippen LogP contribution is -2.50. The Bertz CT molecular complexity index is 822. The molecule has 7 heteroatoms. The highest BCUT2D eigenvalue weighted by Crippen LogP contribution is 2.22. The lowest BCUT2D eigenvalue weighted by Gasteiger charge is -2.35. The van der Waals surface area contributed by atoms with Crippen molar-refractivity contribution >= 4 is 39.3 Å². The zero-order valence-electron chi connectivity index (χ0n) is 13.2. The fourth-order valence-electron chi connectivity index (χ4n) is 2.75. The Morgan fingerprint density at radius 3 is 2.08 bits per heavy atom. The second-order valence-electron chi connectivity index (χ2n) is 5.69. The van der Waals surface area contributed by atoms with Crippen LogP contribution in [0.1, 0.15) is 20.7 Å². The predicted octanol–water partition coefficient (Wildman–Crippen LogP) is 3.84. The second-order valence-corrected chi connectivity index (χ2v) is 6.95. The van der Waals surface area contributed by atoms with Crippen LogP contribution >= 0.6 is 27.5 Å². The summed E-state index contributed by atoms with van der Waals surface area (Å²) in [7, 11) is 0. The van der Waals surface area contributed by atoms with Gasteiger partial charge in [0, 0.05) is 30.7 Å². The van der Waals surface area contributed by atoms with E-state index >= 15 is 0 Å². The van der Waals surface area contributed by atoms with Crippen LogP contribution in [-0.4, -0.2) is 47.8 Å². The number of carbonyl (C=O) groups excluding carboxylic acids is 2. The van der Waals surface area contributed by atoms with Crippen molar-refractivity contribution in [3.63, 3.8) is 0 Å². The first-order valence-electron chi connectivity index (χ1n) is 7.75. The number of benzene rings is 2. The van der Waals surface area contributed by atoms with Gasteiger partial charge in [0.25, 0.3) is 11.8 Å². The van der Waals surface area contributed by atoms with Gasteiger partial charge in [-0.25, -0.2) is 4.39 Å². The fourth-order valence-corrected chi connectivity index (χ4v) is 3.38. The smallest absolute Gasteiger partial charge is 0.255 e. The maximum absolute atomic E-state index is 13.4. The molecule has 0 radical (unpaired) electrons. The van der Waals surface area contributed by atoms with Crippen LogP contribution in [0.2, 0.25) is 5.02 Å². The van der Waals surface area contributed by atoms with E-state index in [1.54, 1.807) is 34.1 Å². The molecule has 0 spiro atoms. The van der Waals surface area contributed by atoms with Gasteiger partial charge in [-0.05, 0) is 46.3 Å². The van der Waals surface area contributed by atoms with Gasteiger partial charge in [0.05, 0.1) is 16.1 Å². The minimum Gasteiger partial charge on any atom is -0.335 e. The Balaban J connectivity index is 1.68. The third-order valence-corrected chi connectivity index (χ3v) is 5.14. The van der Waals surface area contributed by atoms with Crippen molar-refractivity contribution in [2.75, 3.05) is 26.2 Å². The molecule has 0 N–H and O–H groups in total. The Kier molecular flexibility index (Phi) is 5.39. The van der Waals surface area contributed by atoms with Crippen LogP contribution in [0.15, 0.2) is 46.9 Å². The lowest BCUT2D eigenvalue weighted by atomic mass is 10.1. The third kappa shape index (κ3) is 3.85. The monoisotopic (exact) mass is 424 g/mol. The lowest BCUT2D eigenvalue weighted by molar-refractivity contribution is 0.0535. The molecule has 0 saturated carbocycles. The van der Waals surface area contributed by atoms with Crippen LogP contribution in [0.3, 0.4) is 0 Å². The van der Waals surface area contributed by atoms with Crippen molar-refractivity contribution in [3.8, 4) is 0 Å². The van der Waals surface area contributed by atoms with Gasteiger partial charge < -0.3 is 9.80 Å². The van der Waals surface area contributed by atoms with Gasteiger partial charge in [-0.1, -0.05) is 23.7 Å². The number of nitrogens with zero attached hydrogens (tertiary/aromatic N) is 2. The molecular weight excluding hydrogens is 411 g/mol. The molecule has 1 aliphatic heterocycles. The fraction of sp³-hybridized carbons (Fsp3) is 0.222. The summed E-state index contributed by atoms with van der Waals surface area (Å²) in [5, 5.41) is 0.412. The Hall–Kier alpha value is -1.92. The molecule has 1 saturated heterocycles. The largest absolute Gasteiger partial charge is 0.335 e. The van der Waals surface area contributed by atoms with E-state index < -0.39 is 5.82 Å². The molecule has 0 atom stereocenters. The minimum absolute atomic E-state index is 0.148. The van der Waals surface area contributed by atoms with Gasteiger partial charge in [-0.2, -0.15) is 0 Å². The summed E-state index contributed by atoms with van der Waals surface area (Å²) in [5.41, 5.74) is 0.739. The molecule has 1 aliphatic rings. The molecule has 1 fully saturated rings. The quantitative estimate of drug-likeness (QED) is 0.733. The molecule has 0 aliphatic carbocycles. The van der Waals surface area contributed by atoms with Crippen LogP contribution in [0.5, 0.6) is 0 Å². The van der Waals surface area contributed by atoms with Gasteiger partial charge in [0.2, 0.25) is 0 Å². The van der Waals surface area contributed by atoms with Gasteiger partial charge in [0.1, 0.15) is 5.82 Å². The summed E-state index contributed by atoms with van der Waals surface area (Å²) in [6.07, 6.45) is 0. The maximum atomic E-state index is 13.4. The molecule has 4 nitrogen and oxygen atoms in total. The standard InChI is InChI=1S/C18H15BrClFN2O2/c19-15-6-5-12(21)11-14(15)18(25)23-9-7-22(8-10-23)17(24)13-3-1-2-4-16(13)20/h1-6,11H,7-10H2. The number of hydrogen-bond donors (Lipinski definition) is 0. The molecule has 2 amide bonds. The highest BCUT2D eigenvalue weighted by molar-refractivity contribution is 9.10. The molecule has 0 bridgehead atoms. The average Bonchev–Trinajstić information content (AvgIpc) is 2.63. The van der Waals surface area contributed by atoms with Crippen molar-refractivity contribution in [1.29, 1.82) is 0 Å². The number of halogens is 3. The average molecular weight is 426 g/mol. The Morgan fingerprint density at radius 2 is 1.48 bits per heavy atom. The van der Waals surface area contributed by atoms with Gasteiger partial charge >= 0.3 is 0 Å². The van der Waals surface area contributed by atoms with Crippen LogP contribution in [0, 0.1) is 5.82 Å². The summed E-state index contributed by atoms with van der Waals surface area (Å²) in [4.78, 5) is 28.4. The van der Waals surface area contributed by atoms with E-state index in [0.717, 1.165) is 0 Å². The molecule has 130 valence electrons. The van der Waals surface area contributed by atoms with E-state index in [0.29, 0.717) is 41.2 Å². The summed E-state index contributed by atoms with van der Waals surface area (Å²) in [5.74, 6) is -0.861. The van der Waals surface area contributed by atoms with Gasteiger partial charge in [-0.3, -0.25) is 9.59 Å². The highest BCUT2D eigenvalue weighted by atomic mass is 79.9. The van der Waals surface area contributed by atoms with E-state index in [1.807, 2.05) is 0 Å². The summed E-state index contributed by atoms with van der Waals surface area (Å²) in [6.45, 7) is 1.58. The number of rotatable bonds is 2. The topological polar surface area (TPSA) is 40.6 Å². The third-order valence-electron chi connectivity index (χ3n) is 4.12. The van der Waals surface area contributed by atoms with E-state index in [-0.39, 0.29) is 17.4 Å². The summed E-state index contributed by atoms with van der Waals surface area (Å²) >= 11 is 9.35. The zero-order valence-corrected chi connectivity index (χ0v) is 15.6. The molecule has 0 aromatic heterocycles. The highest BCUT2D eigenvalue weighted by Gasteiger charge is 2.27. The number of hydrogen-bond acceptors (Lipinski definition) is 2. The predicted molar refractivity (Wildman–Crippen MR) is 97.4 cm³/mol. The van der Waals surface area contributed by atoms with E-state index in [1.165, 1.54) is 18.2 Å². The number of amides is 2. The SMILES string of the molecule is O=C(c1ccccc1Cl)N1CCN(C(=O)c2cc(F)ccc2Br)CC1. The van der Waals surface area contributed by atoms with Gasteiger partial charge in [-0.15, -0.1) is 0 Å². The van der Waals surface area contributed by atoms with Crippen molar-refractivity contribution < 1.29 is 14.0 Å². The number of piperazine rings is 1. The minimum atomic E-state index is -0.459. The van der Waals surface area contributed by atoms with Crippen molar-refractivity contribution in [3.05, 3.63) is 68.9 Å². The maximum Gasteiger partial charge on any atom is 0.255 e. The van der Waals surface area contributed by atoms with Crippen LogP contribution in [0.4, 0.5) is 4.39 Å². The molecule has 3 rings (SSSR count). The van der Waals surface area contributed by atoms with Crippen LogP contribution in [0.25, 0.3) is 0 Å². The van der Waals surface area contributed by atoms with Crippen LogP contribution < -0.4 is 0 Å². The first kappa shape index (κ1) is 17.9. The normalized spacial score (nSPS) is 14.5. The first-order chi connectivity index (χ1) is 12.0. The first-order valence-corrected chi connectivity index (χ1v) is 8.92. The van der Waals surface area contributed by atoms with E-state index in [2.05, 4.69) is 15.9 Å². The summed E-state index contributed by atoms with van der Waals surface area (Å²) in [6, 6.07) is 10.9. The van der Waals surface area contributed by atoms with E-state index in [4.69, 9.17) is 11.6 Å². The van der Waals surface area contributed by atoms with E-state index in [9.17, 15) is 14.0 Å². The molecule has 0 unspecified atom stereocenters. The van der Waals surface area contributed by atoms with Crippen molar-refractivity contribution in [2.24, 2.45) is 0 Å². The molecule has 25 heavy (non-hydrogen) atoms. The van der Waals surface area contributed by atoms with Crippen molar-refractivity contribution in [1.82, 2.24) is 9.80 Å². The van der Waals surface area contributed by atoms with Crippen LogP contribution in [-0.2, 0) is 0 Å². The summed E-state index contributed by atoms with van der Waals surface area (Å²) < 4.78 is 14.0.